The molecule has 0 aliphatic carbocycles. The van der Waals surface area contributed by atoms with Crippen molar-refractivity contribution in [3.8, 4) is 0 Å². The van der Waals surface area contributed by atoms with E-state index in [9.17, 15) is 0 Å². The van der Waals surface area contributed by atoms with Crippen molar-refractivity contribution in [1.29, 1.82) is 0 Å². The minimum Gasteiger partial charge on any atom is -0.328 e. The van der Waals surface area contributed by atoms with Crippen LogP contribution in [0.5, 0.6) is 0 Å². The third kappa shape index (κ3) is 8.25. The Morgan fingerprint density at radius 2 is 1.89 bits per heavy atom. The number of hydrogen-bond donors (Lipinski definition) is 1. The Morgan fingerprint density at radius 1 is 1.33 bits per heavy atom. The standard InChI is InChI=1S/C7H17N.ClH/c1-3-5-6-7(8)4-2;/h7H,3-6,8H2,1-2H3;1H. The molecule has 1 unspecified atom stereocenters. The smallest absolute Gasteiger partial charge is 0.00362 e. The topological polar surface area (TPSA) is 26.0 Å². The third-order valence-corrected chi connectivity index (χ3v) is 1.45. The molecular formula is C7H18ClN. The summed E-state index contributed by atoms with van der Waals surface area (Å²) < 4.78 is 0. The summed E-state index contributed by atoms with van der Waals surface area (Å²) in [7, 11) is 0. The average Bonchev–Trinajstić information content (AvgIpc) is 1.83. The number of hydrogen-bond acceptors (Lipinski definition) is 1. The maximum absolute atomic E-state index is 5.66. The Labute approximate surface area is 64.4 Å². The van der Waals surface area contributed by atoms with Gasteiger partial charge in [-0.1, -0.05) is 26.7 Å². The van der Waals surface area contributed by atoms with Crippen LogP contribution in [0.1, 0.15) is 39.5 Å². The highest BCUT2D eigenvalue weighted by atomic mass is 35.5. The number of nitrogens with two attached hydrogens (primary N) is 1. The summed E-state index contributed by atoms with van der Waals surface area (Å²) in [6.07, 6.45) is 4.88. The van der Waals surface area contributed by atoms with Crippen LogP contribution < -0.4 is 5.73 Å². The number of rotatable bonds is 4. The molecule has 0 aliphatic rings. The summed E-state index contributed by atoms with van der Waals surface area (Å²) in [4.78, 5) is 0. The summed E-state index contributed by atoms with van der Waals surface area (Å²) >= 11 is 0. The van der Waals surface area contributed by atoms with Gasteiger partial charge in [-0.05, 0) is 12.8 Å². The van der Waals surface area contributed by atoms with Crippen LogP contribution in [-0.4, -0.2) is 6.04 Å². The Balaban J connectivity index is 0. The van der Waals surface area contributed by atoms with Crippen LogP contribution in [-0.2, 0) is 0 Å². The first-order chi connectivity index (χ1) is 3.81. The van der Waals surface area contributed by atoms with Gasteiger partial charge in [-0.15, -0.1) is 12.4 Å². The van der Waals surface area contributed by atoms with Gasteiger partial charge in [0.25, 0.3) is 0 Å². The van der Waals surface area contributed by atoms with Gasteiger partial charge < -0.3 is 5.73 Å². The molecule has 2 heteroatoms. The number of halogens is 1. The summed E-state index contributed by atoms with van der Waals surface area (Å²) in [5.41, 5.74) is 5.66. The highest BCUT2D eigenvalue weighted by Gasteiger charge is 1.94. The van der Waals surface area contributed by atoms with Crippen LogP contribution >= 0.6 is 12.4 Å². The van der Waals surface area contributed by atoms with Crippen LogP contribution in [0.2, 0.25) is 0 Å². The molecule has 58 valence electrons. The van der Waals surface area contributed by atoms with E-state index in [1.54, 1.807) is 0 Å². The lowest BCUT2D eigenvalue weighted by atomic mass is 10.1. The lowest BCUT2D eigenvalue weighted by Crippen LogP contribution is -2.17. The van der Waals surface area contributed by atoms with E-state index in [1.807, 2.05) is 0 Å². The second kappa shape index (κ2) is 8.25. The average molecular weight is 152 g/mol. The fourth-order valence-corrected chi connectivity index (χ4v) is 0.670. The molecule has 0 bridgehead atoms. The zero-order valence-electron chi connectivity index (χ0n) is 6.39. The van der Waals surface area contributed by atoms with Crippen molar-refractivity contribution in [2.24, 2.45) is 5.73 Å². The van der Waals surface area contributed by atoms with Crippen molar-refractivity contribution in [3.63, 3.8) is 0 Å². The van der Waals surface area contributed by atoms with Gasteiger partial charge in [-0.2, -0.15) is 0 Å². The maximum atomic E-state index is 5.66. The SMILES string of the molecule is CCCCC(N)CC.Cl. The largest absolute Gasteiger partial charge is 0.328 e. The van der Waals surface area contributed by atoms with Gasteiger partial charge in [0.1, 0.15) is 0 Å². The van der Waals surface area contributed by atoms with Gasteiger partial charge in [0.2, 0.25) is 0 Å². The molecule has 0 aromatic carbocycles. The fraction of sp³-hybridized carbons (Fsp3) is 1.00. The van der Waals surface area contributed by atoms with Crippen LogP contribution in [0.4, 0.5) is 0 Å². The molecule has 0 rings (SSSR count). The Bertz CT molecular complexity index is 48.2. The third-order valence-electron chi connectivity index (χ3n) is 1.45. The van der Waals surface area contributed by atoms with E-state index < -0.39 is 0 Å². The van der Waals surface area contributed by atoms with Crippen molar-refractivity contribution in [3.05, 3.63) is 0 Å². The zero-order chi connectivity index (χ0) is 6.41. The monoisotopic (exact) mass is 151 g/mol. The Kier molecular flexibility index (Phi) is 11.0. The van der Waals surface area contributed by atoms with E-state index in [1.165, 1.54) is 19.3 Å². The van der Waals surface area contributed by atoms with Crippen molar-refractivity contribution in [1.82, 2.24) is 0 Å². The molecule has 0 aromatic heterocycles. The van der Waals surface area contributed by atoms with Gasteiger partial charge >= 0.3 is 0 Å². The summed E-state index contributed by atoms with van der Waals surface area (Å²) in [5, 5.41) is 0. The summed E-state index contributed by atoms with van der Waals surface area (Å²) in [5.74, 6) is 0. The maximum Gasteiger partial charge on any atom is 0.00362 e. The number of unbranched alkanes of at least 4 members (excludes halogenated alkanes) is 1. The molecule has 0 aliphatic heterocycles. The van der Waals surface area contributed by atoms with Gasteiger partial charge in [0.15, 0.2) is 0 Å². The van der Waals surface area contributed by atoms with Crippen LogP contribution in [0.25, 0.3) is 0 Å². The quantitative estimate of drug-likeness (QED) is 0.656. The van der Waals surface area contributed by atoms with Crippen molar-refractivity contribution in [2.75, 3.05) is 0 Å². The van der Waals surface area contributed by atoms with Gasteiger partial charge in [0, 0.05) is 6.04 Å². The second-order valence-corrected chi connectivity index (χ2v) is 2.31. The highest BCUT2D eigenvalue weighted by molar-refractivity contribution is 5.85. The molecule has 1 atom stereocenters. The van der Waals surface area contributed by atoms with E-state index in [2.05, 4.69) is 13.8 Å². The lowest BCUT2D eigenvalue weighted by Gasteiger charge is -2.04. The molecule has 0 aromatic rings. The Morgan fingerprint density at radius 3 is 2.22 bits per heavy atom. The highest BCUT2D eigenvalue weighted by Crippen LogP contribution is 1.99. The van der Waals surface area contributed by atoms with E-state index in [0.29, 0.717) is 6.04 Å². The normalized spacial score (nSPS) is 12.3. The summed E-state index contributed by atoms with van der Waals surface area (Å²) in [6.45, 7) is 4.34. The molecule has 0 spiro atoms. The molecule has 0 saturated carbocycles. The first kappa shape index (κ1) is 12.0. The molecule has 9 heavy (non-hydrogen) atoms. The minimum atomic E-state index is 0. The van der Waals surface area contributed by atoms with Gasteiger partial charge in [-0.3, -0.25) is 0 Å². The Hall–Kier alpha value is 0.250. The fourth-order valence-electron chi connectivity index (χ4n) is 0.670. The first-order valence-electron chi connectivity index (χ1n) is 3.56. The molecule has 0 fully saturated rings. The van der Waals surface area contributed by atoms with Crippen LogP contribution in [0, 0.1) is 0 Å². The lowest BCUT2D eigenvalue weighted by molar-refractivity contribution is 0.562. The van der Waals surface area contributed by atoms with Gasteiger partial charge in [0.05, 0.1) is 0 Å². The molecule has 0 radical (unpaired) electrons. The second-order valence-electron chi connectivity index (χ2n) is 2.31. The predicted molar refractivity (Wildman–Crippen MR) is 45.0 cm³/mol. The zero-order valence-corrected chi connectivity index (χ0v) is 7.21. The van der Waals surface area contributed by atoms with Crippen LogP contribution in [0.15, 0.2) is 0 Å². The van der Waals surface area contributed by atoms with Gasteiger partial charge in [-0.25, -0.2) is 0 Å². The molecule has 0 amide bonds. The molecular weight excluding hydrogens is 134 g/mol. The molecule has 0 heterocycles. The summed E-state index contributed by atoms with van der Waals surface area (Å²) in [6, 6.07) is 0.454. The predicted octanol–water partition coefficient (Wildman–Crippen LogP) is 2.34. The molecule has 1 nitrogen and oxygen atoms in total. The van der Waals surface area contributed by atoms with E-state index in [-0.39, 0.29) is 12.4 Å². The van der Waals surface area contributed by atoms with Crippen molar-refractivity contribution in [2.45, 2.75) is 45.6 Å². The van der Waals surface area contributed by atoms with Crippen molar-refractivity contribution < 1.29 is 0 Å². The first-order valence-corrected chi connectivity index (χ1v) is 3.56. The van der Waals surface area contributed by atoms with Crippen LogP contribution in [0.3, 0.4) is 0 Å². The van der Waals surface area contributed by atoms with E-state index in [4.69, 9.17) is 5.73 Å². The molecule has 2 N–H and O–H groups in total. The van der Waals surface area contributed by atoms with Crippen molar-refractivity contribution >= 4 is 12.4 Å². The minimum absolute atomic E-state index is 0. The molecule has 0 saturated heterocycles. The van der Waals surface area contributed by atoms with E-state index in [0.717, 1.165) is 6.42 Å². The van der Waals surface area contributed by atoms with E-state index >= 15 is 0 Å².